The average molecular weight is 294 g/mol. The summed E-state index contributed by atoms with van der Waals surface area (Å²) in [5, 5.41) is 3.60. The van der Waals surface area contributed by atoms with Crippen LogP contribution < -0.4 is 5.32 Å². The molecule has 1 saturated heterocycles. The molecule has 3 unspecified atom stereocenters. The van der Waals surface area contributed by atoms with Gasteiger partial charge in [0.2, 0.25) is 5.91 Å². The molecule has 1 aliphatic heterocycles. The van der Waals surface area contributed by atoms with Gasteiger partial charge in [0.05, 0.1) is 6.54 Å². The van der Waals surface area contributed by atoms with Gasteiger partial charge in [-0.25, -0.2) is 0 Å². The molecular formula is C18H34N2O. The van der Waals surface area contributed by atoms with Crippen molar-refractivity contribution in [1.29, 1.82) is 0 Å². The van der Waals surface area contributed by atoms with Crippen LogP contribution in [0.15, 0.2) is 0 Å². The van der Waals surface area contributed by atoms with Gasteiger partial charge in [-0.15, -0.1) is 0 Å². The number of nitrogens with zero attached hydrogens (tertiary/aromatic N) is 1. The first-order valence-electron chi connectivity index (χ1n) is 8.89. The van der Waals surface area contributed by atoms with E-state index in [4.69, 9.17) is 0 Å². The minimum absolute atomic E-state index is 0.305. The SMILES string of the molecule is CC1CCCN(C(=O)CNC2CCCCC2C(C)(C)C)C1. The van der Waals surface area contributed by atoms with E-state index >= 15 is 0 Å². The molecule has 1 aliphatic carbocycles. The Kier molecular flexibility index (Phi) is 5.70. The van der Waals surface area contributed by atoms with E-state index in [1.807, 2.05) is 0 Å². The first-order valence-corrected chi connectivity index (χ1v) is 8.89. The summed E-state index contributed by atoms with van der Waals surface area (Å²) in [7, 11) is 0. The van der Waals surface area contributed by atoms with E-state index in [2.05, 4.69) is 37.9 Å². The first-order chi connectivity index (χ1) is 9.88. The first kappa shape index (κ1) is 16.8. The smallest absolute Gasteiger partial charge is 0.236 e. The highest BCUT2D eigenvalue weighted by Crippen LogP contribution is 2.37. The molecule has 1 N–H and O–H groups in total. The van der Waals surface area contributed by atoms with Crippen molar-refractivity contribution in [3.05, 3.63) is 0 Å². The van der Waals surface area contributed by atoms with E-state index in [0.717, 1.165) is 13.1 Å². The Morgan fingerprint density at radius 3 is 2.52 bits per heavy atom. The molecule has 0 bridgehead atoms. The summed E-state index contributed by atoms with van der Waals surface area (Å²) in [5.74, 6) is 1.67. The Balaban J connectivity index is 1.84. The number of amides is 1. The summed E-state index contributed by atoms with van der Waals surface area (Å²) in [5.41, 5.74) is 0.334. The highest BCUT2D eigenvalue weighted by atomic mass is 16.2. The summed E-state index contributed by atoms with van der Waals surface area (Å²) in [6.45, 7) is 11.7. The van der Waals surface area contributed by atoms with E-state index in [1.54, 1.807) is 0 Å². The molecule has 1 heterocycles. The Bertz CT molecular complexity index is 348. The standard InChI is InChI=1S/C18H34N2O/c1-14-8-7-11-20(13-14)17(21)12-19-16-10-6-5-9-15(16)18(2,3)4/h14-16,19H,5-13H2,1-4H3. The Labute approximate surface area is 130 Å². The van der Waals surface area contributed by atoms with Gasteiger partial charge in [0.25, 0.3) is 0 Å². The number of rotatable bonds is 3. The maximum Gasteiger partial charge on any atom is 0.236 e. The third kappa shape index (κ3) is 4.70. The van der Waals surface area contributed by atoms with Gasteiger partial charge >= 0.3 is 0 Å². The van der Waals surface area contributed by atoms with E-state index < -0.39 is 0 Å². The average Bonchev–Trinajstić information content (AvgIpc) is 2.44. The third-order valence-corrected chi connectivity index (χ3v) is 5.40. The number of piperidine rings is 1. The molecule has 3 heteroatoms. The van der Waals surface area contributed by atoms with Gasteiger partial charge in [-0.2, -0.15) is 0 Å². The van der Waals surface area contributed by atoms with E-state index in [1.165, 1.54) is 38.5 Å². The lowest BCUT2D eigenvalue weighted by Crippen LogP contribution is -2.49. The molecule has 0 aromatic heterocycles. The van der Waals surface area contributed by atoms with Crippen LogP contribution in [0.25, 0.3) is 0 Å². The summed E-state index contributed by atoms with van der Waals surface area (Å²) >= 11 is 0. The molecule has 2 aliphatic rings. The van der Waals surface area contributed by atoms with Crippen LogP contribution >= 0.6 is 0 Å². The molecule has 122 valence electrons. The number of nitrogens with one attached hydrogen (secondary N) is 1. The van der Waals surface area contributed by atoms with Crippen LogP contribution in [-0.4, -0.2) is 36.5 Å². The molecule has 0 radical (unpaired) electrons. The third-order valence-electron chi connectivity index (χ3n) is 5.40. The highest BCUT2D eigenvalue weighted by Gasteiger charge is 2.34. The molecular weight excluding hydrogens is 260 g/mol. The van der Waals surface area contributed by atoms with Gasteiger partial charge in [-0.05, 0) is 42.9 Å². The van der Waals surface area contributed by atoms with Crippen LogP contribution in [0, 0.1) is 17.3 Å². The van der Waals surface area contributed by atoms with Crippen LogP contribution in [0.5, 0.6) is 0 Å². The zero-order valence-electron chi connectivity index (χ0n) is 14.5. The summed E-state index contributed by atoms with van der Waals surface area (Å²) in [6, 6.07) is 0.518. The second kappa shape index (κ2) is 7.13. The molecule has 0 aromatic carbocycles. The van der Waals surface area contributed by atoms with Crippen molar-refractivity contribution in [3.8, 4) is 0 Å². The lowest BCUT2D eigenvalue weighted by molar-refractivity contribution is -0.132. The lowest BCUT2D eigenvalue weighted by Gasteiger charge is -2.41. The van der Waals surface area contributed by atoms with Crippen molar-refractivity contribution in [3.63, 3.8) is 0 Å². The normalized spacial score (nSPS) is 31.2. The fourth-order valence-corrected chi connectivity index (χ4v) is 4.16. The second-order valence-electron chi connectivity index (χ2n) is 8.33. The molecule has 1 amide bonds. The van der Waals surface area contributed by atoms with Crippen molar-refractivity contribution < 1.29 is 4.79 Å². The molecule has 1 saturated carbocycles. The van der Waals surface area contributed by atoms with Crippen LogP contribution in [0.4, 0.5) is 0 Å². The quantitative estimate of drug-likeness (QED) is 0.865. The number of hydrogen-bond acceptors (Lipinski definition) is 2. The topological polar surface area (TPSA) is 32.3 Å². The van der Waals surface area contributed by atoms with E-state index in [-0.39, 0.29) is 0 Å². The molecule has 2 fully saturated rings. The fourth-order valence-electron chi connectivity index (χ4n) is 4.16. The summed E-state index contributed by atoms with van der Waals surface area (Å²) in [6.07, 6.45) is 7.62. The number of carbonyl (C=O) groups excluding carboxylic acids is 1. The van der Waals surface area contributed by atoms with E-state index in [9.17, 15) is 4.79 Å². The van der Waals surface area contributed by atoms with Crippen molar-refractivity contribution in [1.82, 2.24) is 10.2 Å². The predicted octanol–water partition coefficient (Wildman–Crippen LogP) is 3.44. The fraction of sp³-hybridized carbons (Fsp3) is 0.944. The van der Waals surface area contributed by atoms with Crippen molar-refractivity contribution in [2.75, 3.05) is 19.6 Å². The number of carbonyl (C=O) groups is 1. The Morgan fingerprint density at radius 2 is 1.86 bits per heavy atom. The predicted molar refractivity (Wildman–Crippen MR) is 88.2 cm³/mol. The van der Waals surface area contributed by atoms with Crippen molar-refractivity contribution in [2.24, 2.45) is 17.3 Å². The van der Waals surface area contributed by atoms with Crippen LogP contribution in [0.1, 0.15) is 66.2 Å². The second-order valence-corrected chi connectivity index (χ2v) is 8.33. The van der Waals surface area contributed by atoms with Gasteiger partial charge in [-0.1, -0.05) is 40.5 Å². The maximum atomic E-state index is 12.4. The zero-order chi connectivity index (χ0) is 15.5. The lowest BCUT2D eigenvalue weighted by atomic mass is 9.69. The maximum absolute atomic E-state index is 12.4. The zero-order valence-corrected chi connectivity index (χ0v) is 14.5. The highest BCUT2D eigenvalue weighted by molar-refractivity contribution is 5.78. The minimum atomic E-state index is 0.305. The molecule has 2 rings (SSSR count). The number of hydrogen-bond donors (Lipinski definition) is 1. The minimum Gasteiger partial charge on any atom is -0.341 e. The summed E-state index contributed by atoms with van der Waals surface area (Å²) in [4.78, 5) is 14.5. The Hall–Kier alpha value is -0.570. The van der Waals surface area contributed by atoms with Gasteiger partial charge in [0.1, 0.15) is 0 Å². The van der Waals surface area contributed by atoms with Crippen LogP contribution in [0.3, 0.4) is 0 Å². The molecule has 3 atom stereocenters. The monoisotopic (exact) mass is 294 g/mol. The van der Waals surface area contributed by atoms with Gasteiger partial charge in [0.15, 0.2) is 0 Å². The molecule has 21 heavy (non-hydrogen) atoms. The van der Waals surface area contributed by atoms with Gasteiger partial charge < -0.3 is 10.2 Å². The van der Waals surface area contributed by atoms with Gasteiger partial charge in [-0.3, -0.25) is 4.79 Å². The number of likely N-dealkylation sites (tertiary alicyclic amines) is 1. The summed E-state index contributed by atoms with van der Waals surface area (Å²) < 4.78 is 0. The molecule has 0 spiro atoms. The molecule has 3 nitrogen and oxygen atoms in total. The van der Waals surface area contributed by atoms with Crippen LogP contribution in [0.2, 0.25) is 0 Å². The van der Waals surface area contributed by atoms with Crippen LogP contribution in [-0.2, 0) is 4.79 Å². The van der Waals surface area contributed by atoms with Crippen molar-refractivity contribution >= 4 is 5.91 Å². The van der Waals surface area contributed by atoms with Gasteiger partial charge in [0, 0.05) is 19.1 Å². The molecule has 0 aromatic rings. The van der Waals surface area contributed by atoms with Crippen molar-refractivity contribution in [2.45, 2.75) is 72.3 Å². The Morgan fingerprint density at radius 1 is 1.14 bits per heavy atom. The largest absolute Gasteiger partial charge is 0.341 e. The van der Waals surface area contributed by atoms with E-state index in [0.29, 0.717) is 35.7 Å².